The molecule has 1 saturated heterocycles. The fourth-order valence-corrected chi connectivity index (χ4v) is 2.82. The molecule has 1 heterocycles. The number of benzene rings is 1. The van der Waals surface area contributed by atoms with E-state index in [0.29, 0.717) is 18.5 Å². The van der Waals surface area contributed by atoms with Crippen LogP contribution in [0.5, 0.6) is 5.75 Å². The van der Waals surface area contributed by atoms with Gasteiger partial charge in [-0.25, -0.2) is 4.39 Å². The molecule has 0 bridgehead atoms. The number of rotatable bonds is 5. The number of likely N-dealkylation sites (tertiary alicyclic amines) is 1. The van der Waals surface area contributed by atoms with Gasteiger partial charge in [-0.3, -0.25) is 9.89 Å². The van der Waals surface area contributed by atoms with Crippen molar-refractivity contribution in [3.8, 4) is 5.75 Å². The number of hydrogen-bond acceptors (Lipinski definition) is 3. The van der Waals surface area contributed by atoms with Gasteiger partial charge in [0.25, 0.3) is 0 Å². The summed E-state index contributed by atoms with van der Waals surface area (Å²) in [5, 5.41) is 15.7. The zero-order chi connectivity index (χ0) is 15.9. The van der Waals surface area contributed by atoms with Crippen LogP contribution in [0.3, 0.4) is 0 Å². The third-order valence-corrected chi connectivity index (χ3v) is 4.11. The molecule has 2 rings (SSSR count). The van der Waals surface area contributed by atoms with Gasteiger partial charge in [0.2, 0.25) is 0 Å². The first-order valence-electron chi connectivity index (χ1n) is 7.80. The van der Waals surface area contributed by atoms with Crippen molar-refractivity contribution in [2.75, 3.05) is 26.7 Å². The summed E-state index contributed by atoms with van der Waals surface area (Å²) in [5.74, 6) is -0.227. The molecule has 1 aromatic carbocycles. The second-order valence-electron chi connectivity index (χ2n) is 5.52. The third kappa shape index (κ3) is 5.80. The summed E-state index contributed by atoms with van der Waals surface area (Å²) in [6.45, 7) is 5.74. The van der Waals surface area contributed by atoms with Crippen molar-refractivity contribution in [2.24, 2.45) is 4.99 Å². The average Bonchev–Trinajstić information content (AvgIpc) is 2.98. The van der Waals surface area contributed by atoms with Crippen LogP contribution in [0.25, 0.3) is 0 Å². The van der Waals surface area contributed by atoms with E-state index >= 15 is 0 Å². The highest BCUT2D eigenvalue weighted by atomic mass is 127. The minimum Gasteiger partial charge on any atom is -0.505 e. The van der Waals surface area contributed by atoms with E-state index in [-0.39, 0.29) is 29.7 Å². The summed E-state index contributed by atoms with van der Waals surface area (Å²) < 4.78 is 13.3. The van der Waals surface area contributed by atoms with Crippen LogP contribution in [0.2, 0.25) is 0 Å². The number of aromatic hydroxyl groups is 1. The number of nitrogens with one attached hydrogen (secondary N) is 2. The maximum atomic E-state index is 13.3. The Morgan fingerprint density at radius 1 is 1.43 bits per heavy atom. The van der Waals surface area contributed by atoms with Crippen LogP contribution >= 0.6 is 24.0 Å². The second kappa shape index (κ2) is 9.92. The summed E-state index contributed by atoms with van der Waals surface area (Å²) in [6, 6.07) is 4.93. The van der Waals surface area contributed by atoms with Crippen LogP contribution in [0, 0.1) is 5.82 Å². The Balaban J connectivity index is 0.00000264. The highest BCUT2D eigenvalue weighted by molar-refractivity contribution is 14.0. The lowest BCUT2D eigenvalue weighted by Gasteiger charge is -2.24. The van der Waals surface area contributed by atoms with E-state index in [4.69, 9.17) is 0 Å². The van der Waals surface area contributed by atoms with Gasteiger partial charge in [-0.15, -0.1) is 24.0 Å². The minimum absolute atomic E-state index is 0. The molecule has 0 radical (unpaired) electrons. The highest BCUT2D eigenvalue weighted by Gasteiger charge is 2.22. The quantitative estimate of drug-likeness (QED) is 0.377. The SMILES string of the molecule is CCN1CCCC1CNC(=NC)NCc1ccc(O)c(F)c1.I. The molecule has 0 saturated carbocycles. The Bertz CT molecular complexity index is 527. The third-order valence-electron chi connectivity index (χ3n) is 4.11. The summed E-state index contributed by atoms with van der Waals surface area (Å²) >= 11 is 0. The number of halogens is 2. The molecular weight excluding hydrogens is 410 g/mol. The van der Waals surface area contributed by atoms with Crippen LogP contribution in [0.4, 0.5) is 4.39 Å². The molecule has 0 amide bonds. The monoisotopic (exact) mass is 436 g/mol. The zero-order valence-electron chi connectivity index (χ0n) is 13.7. The van der Waals surface area contributed by atoms with Crippen molar-refractivity contribution in [1.82, 2.24) is 15.5 Å². The van der Waals surface area contributed by atoms with Gasteiger partial charge in [0.05, 0.1) is 0 Å². The molecule has 1 fully saturated rings. The van der Waals surface area contributed by atoms with Gasteiger partial charge in [-0.2, -0.15) is 0 Å². The van der Waals surface area contributed by atoms with Gasteiger partial charge >= 0.3 is 0 Å². The van der Waals surface area contributed by atoms with Crippen LogP contribution in [-0.2, 0) is 6.54 Å². The Morgan fingerprint density at radius 3 is 2.87 bits per heavy atom. The molecule has 1 unspecified atom stereocenters. The molecule has 1 aromatic rings. The van der Waals surface area contributed by atoms with Crippen molar-refractivity contribution in [3.63, 3.8) is 0 Å². The van der Waals surface area contributed by atoms with Crippen molar-refractivity contribution >= 4 is 29.9 Å². The Labute approximate surface area is 154 Å². The van der Waals surface area contributed by atoms with Gasteiger partial charge in [-0.05, 0) is 43.6 Å². The number of likely N-dealkylation sites (N-methyl/N-ethyl adjacent to an activating group) is 1. The van der Waals surface area contributed by atoms with E-state index in [1.807, 2.05) is 0 Å². The average molecular weight is 436 g/mol. The topological polar surface area (TPSA) is 59.9 Å². The van der Waals surface area contributed by atoms with Crippen LogP contribution in [0.15, 0.2) is 23.2 Å². The molecule has 1 aliphatic rings. The maximum absolute atomic E-state index is 13.3. The smallest absolute Gasteiger partial charge is 0.191 e. The van der Waals surface area contributed by atoms with E-state index in [1.54, 1.807) is 13.1 Å². The van der Waals surface area contributed by atoms with Gasteiger partial charge in [0.15, 0.2) is 17.5 Å². The number of nitrogens with zero attached hydrogens (tertiary/aromatic N) is 2. The number of guanidine groups is 1. The second-order valence-corrected chi connectivity index (χ2v) is 5.52. The van der Waals surface area contributed by atoms with E-state index in [9.17, 15) is 9.50 Å². The highest BCUT2D eigenvalue weighted by Crippen LogP contribution is 2.16. The van der Waals surface area contributed by atoms with Crippen molar-refractivity contribution in [1.29, 1.82) is 0 Å². The van der Waals surface area contributed by atoms with E-state index in [2.05, 4.69) is 27.4 Å². The first kappa shape index (κ1) is 20.0. The van der Waals surface area contributed by atoms with E-state index < -0.39 is 5.82 Å². The summed E-state index contributed by atoms with van der Waals surface area (Å²) in [7, 11) is 1.72. The molecule has 0 spiro atoms. The Hall–Kier alpha value is -1.09. The Kier molecular flexibility index (Phi) is 8.60. The molecule has 23 heavy (non-hydrogen) atoms. The fourth-order valence-electron chi connectivity index (χ4n) is 2.82. The molecular formula is C16H26FIN4O. The molecule has 0 aliphatic carbocycles. The fraction of sp³-hybridized carbons (Fsp3) is 0.562. The zero-order valence-corrected chi connectivity index (χ0v) is 16.0. The van der Waals surface area contributed by atoms with Gasteiger partial charge in [-0.1, -0.05) is 13.0 Å². The number of hydrogen-bond donors (Lipinski definition) is 3. The lowest BCUT2D eigenvalue weighted by atomic mass is 10.2. The number of phenolic OH excluding ortho intramolecular Hbond substituents is 1. The molecule has 3 N–H and O–H groups in total. The minimum atomic E-state index is -0.605. The lowest BCUT2D eigenvalue weighted by molar-refractivity contribution is 0.267. The molecule has 0 aromatic heterocycles. The summed E-state index contributed by atoms with van der Waals surface area (Å²) in [5.41, 5.74) is 0.759. The van der Waals surface area contributed by atoms with E-state index in [0.717, 1.165) is 18.7 Å². The maximum Gasteiger partial charge on any atom is 0.191 e. The first-order valence-corrected chi connectivity index (χ1v) is 7.80. The number of aliphatic imine (C=N–C) groups is 1. The molecule has 130 valence electrons. The molecule has 7 heteroatoms. The largest absolute Gasteiger partial charge is 0.505 e. The van der Waals surface area contributed by atoms with Crippen LogP contribution < -0.4 is 10.6 Å². The van der Waals surface area contributed by atoms with Gasteiger partial charge in [0.1, 0.15) is 0 Å². The predicted octanol–water partition coefficient (Wildman–Crippen LogP) is 2.30. The van der Waals surface area contributed by atoms with E-state index in [1.165, 1.54) is 31.5 Å². The normalized spacial score (nSPS) is 18.6. The first-order chi connectivity index (χ1) is 10.6. The number of phenols is 1. The van der Waals surface area contributed by atoms with Gasteiger partial charge in [0, 0.05) is 26.2 Å². The molecule has 1 aliphatic heterocycles. The molecule has 1 atom stereocenters. The van der Waals surface area contributed by atoms with Gasteiger partial charge < -0.3 is 15.7 Å². The molecule has 5 nitrogen and oxygen atoms in total. The van der Waals surface area contributed by atoms with Crippen molar-refractivity contribution < 1.29 is 9.50 Å². The predicted molar refractivity (Wildman–Crippen MR) is 102 cm³/mol. The Morgan fingerprint density at radius 2 is 2.22 bits per heavy atom. The van der Waals surface area contributed by atoms with Crippen LogP contribution in [0.1, 0.15) is 25.3 Å². The van der Waals surface area contributed by atoms with Crippen LogP contribution in [-0.4, -0.2) is 48.7 Å². The standard InChI is InChI=1S/C16H25FN4O.HI/c1-3-21-8-4-5-13(21)11-20-16(18-2)19-10-12-6-7-15(22)14(17)9-12;/h6-7,9,13,22H,3-5,8,10-11H2,1-2H3,(H2,18,19,20);1H. The van der Waals surface area contributed by atoms with Crippen molar-refractivity contribution in [3.05, 3.63) is 29.6 Å². The lowest BCUT2D eigenvalue weighted by Crippen LogP contribution is -2.44. The summed E-state index contributed by atoms with van der Waals surface area (Å²) in [4.78, 5) is 6.66. The summed E-state index contributed by atoms with van der Waals surface area (Å²) in [6.07, 6.45) is 2.46. The van der Waals surface area contributed by atoms with Crippen molar-refractivity contribution in [2.45, 2.75) is 32.4 Å².